The first kappa shape index (κ1) is 9.74. The predicted octanol–water partition coefficient (Wildman–Crippen LogP) is 1.91. The van der Waals surface area contributed by atoms with Gasteiger partial charge < -0.3 is 0 Å². The molecule has 0 amide bonds. The molecule has 1 heterocycles. The third-order valence-corrected chi connectivity index (χ3v) is 3.41. The van der Waals surface area contributed by atoms with Crippen LogP contribution in [0.15, 0.2) is 6.07 Å². The number of hydrogen-bond donors (Lipinski definition) is 0. The van der Waals surface area contributed by atoms with Crippen molar-refractivity contribution in [3.05, 3.63) is 21.4 Å². The van der Waals surface area contributed by atoms with E-state index in [-0.39, 0.29) is 5.75 Å². The molecule has 1 aromatic rings. The number of rotatable bonds is 2. The number of thiophene rings is 1. The quantitative estimate of drug-likeness (QED) is 0.737. The molecule has 1 aromatic heterocycles. The van der Waals surface area contributed by atoms with Crippen LogP contribution in [0.5, 0.6) is 0 Å². The number of hydrogen-bond acceptors (Lipinski definition) is 3. The Morgan fingerprint density at radius 2 is 2.00 bits per heavy atom. The molecule has 4 heteroatoms. The van der Waals surface area contributed by atoms with Crippen LogP contribution >= 0.6 is 11.3 Å². The highest BCUT2D eigenvalue weighted by Crippen LogP contribution is 2.21. The second-order valence-corrected chi connectivity index (χ2v) is 6.61. The van der Waals surface area contributed by atoms with E-state index in [0.29, 0.717) is 0 Å². The van der Waals surface area contributed by atoms with Gasteiger partial charge in [-0.25, -0.2) is 8.42 Å². The minimum absolute atomic E-state index is 0.170. The van der Waals surface area contributed by atoms with Crippen molar-refractivity contribution in [2.24, 2.45) is 0 Å². The summed E-state index contributed by atoms with van der Waals surface area (Å²) in [5.41, 5.74) is 0.944. The first-order valence-corrected chi connectivity index (χ1v) is 6.50. The fraction of sp³-hybridized carbons (Fsp3) is 0.500. The van der Waals surface area contributed by atoms with Crippen LogP contribution < -0.4 is 0 Å². The highest BCUT2D eigenvalue weighted by molar-refractivity contribution is 7.89. The van der Waals surface area contributed by atoms with Gasteiger partial charge in [0.05, 0.1) is 5.75 Å². The first-order chi connectivity index (χ1) is 5.38. The van der Waals surface area contributed by atoms with Crippen molar-refractivity contribution in [1.29, 1.82) is 0 Å². The third-order valence-electron chi connectivity index (χ3n) is 1.56. The summed E-state index contributed by atoms with van der Waals surface area (Å²) in [5, 5.41) is 0. The van der Waals surface area contributed by atoms with E-state index in [1.807, 2.05) is 19.9 Å². The van der Waals surface area contributed by atoms with Gasteiger partial charge in [0.1, 0.15) is 0 Å². The average Bonchev–Trinajstić information content (AvgIpc) is 2.06. The Hall–Kier alpha value is -0.350. The van der Waals surface area contributed by atoms with E-state index >= 15 is 0 Å². The standard InChI is InChI=1S/C8H12O2S2/c1-6-4-8(7(2)11-6)5-12(3,9)10/h4H,5H2,1-3H3. The molecule has 0 atom stereocenters. The molecule has 0 aliphatic carbocycles. The second-order valence-electron chi connectivity index (χ2n) is 3.01. The fourth-order valence-corrected chi connectivity index (χ4v) is 3.01. The predicted molar refractivity (Wildman–Crippen MR) is 52.3 cm³/mol. The summed E-state index contributed by atoms with van der Waals surface area (Å²) in [4.78, 5) is 2.28. The Labute approximate surface area is 77.2 Å². The van der Waals surface area contributed by atoms with Crippen molar-refractivity contribution < 1.29 is 8.42 Å². The van der Waals surface area contributed by atoms with Crippen molar-refractivity contribution in [3.63, 3.8) is 0 Å². The molecule has 0 saturated heterocycles. The summed E-state index contributed by atoms with van der Waals surface area (Å²) in [5.74, 6) is 0.170. The Balaban J connectivity index is 2.97. The maximum absolute atomic E-state index is 11.0. The Bertz CT molecular complexity index is 374. The van der Waals surface area contributed by atoms with E-state index < -0.39 is 9.84 Å². The van der Waals surface area contributed by atoms with Crippen LogP contribution in [-0.4, -0.2) is 14.7 Å². The molecule has 0 bridgehead atoms. The topological polar surface area (TPSA) is 34.1 Å². The SMILES string of the molecule is Cc1cc(CS(C)(=O)=O)c(C)s1. The largest absolute Gasteiger partial charge is 0.229 e. The van der Waals surface area contributed by atoms with Crippen molar-refractivity contribution in [1.82, 2.24) is 0 Å². The van der Waals surface area contributed by atoms with Crippen molar-refractivity contribution in [2.75, 3.05) is 6.26 Å². The smallest absolute Gasteiger partial charge is 0.151 e. The molecule has 0 radical (unpaired) electrons. The molecular weight excluding hydrogens is 192 g/mol. The van der Waals surface area contributed by atoms with Gasteiger partial charge in [-0.15, -0.1) is 11.3 Å². The lowest BCUT2D eigenvalue weighted by molar-refractivity contribution is 0.601. The maximum Gasteiger partial charge on any atom is 0.151 e. The van der Waals surface area contributed by atoms with Crippen LogP contribution in [0, 0.1) is 13.8 Å². The Morgan fingerprint density at radius 1 is 1.42 bits per heavy atom. The zero-order chi connectivity index (χ0) is 9.35. The molecular formula is C8H12O2S2. The van der Waals surface area contributed by atoms with Crippen LogP contribution in [-0.2, 0) is 15.6 Å². The lowest BCUT2D eigenvalue weighted by atomic mass is 10.3. The molecule has 12 heavy (non-hydrogen) atoms. The zero-order valence-corrected chi connectivity index (χ0v) is 9.05. The molecule has 0 N–H and O–H groups in total. The molecule has 0 unspecified atom stereocenters. The Kier molecular flexibility index (Phi) is 2.58. The third kappa shape index (κ3) is 2.60. The van der Waals surface area contributed by atoms with Gasteiger partial charge in [0, 0.05) is 16.0 Å². The minimum Gasteiger partial charge on any atom is -0.229 e. The maximum atomic E-state index is 11.0. The molecule has 2 nitrogen and oxygen atoms in total. The molecule has 1 rings (SSSR count). The lowest BCUT2D eigenvalue weighted by Gasteiger charge is -1.95. The molecule has 0 spiro atoms. The van der Waals surface area contributed by atoms with Gasteiger partial charge in [0.15, 0.2) is 9.84 Å². The van der Waals surface area contributed by atoms with Crippen LogP contribution in [0.2, 0.25) is 0 Å². The van der Waals surface area contributed by atoms with E-state index in [1.165, 1.54) is 11.1 Å². The summed E-state index contributed by atoms with van der Waals surface area (Å²) >= 11 is 1.65. The summed E-state index contributed by atoms with van der Waals surface area (Å²) in [6.07, 6.45) is 1.26. The van der Waals surface area contributed by atoms with Crippen LogP contribution in [0.3, 0.4) is 0 Å². The van der Waals surface area contributed by atoms with E-state index in [2.05, 4.69) is 0 Å². The van der Waals surface area contributed by atoms with E-state index in [4.69, 9.17) is 0 Å². The summed E-state index contributed by atoms with van der Waals surface area (Å²) in [6.45, 7) is 3.95. The molecule has 0 saturated carbocycles. The molecule has 68 valence electrons. The average molecular weight is 204 g/mol. The minimum atomic E-state index is -2.88. The lowest BCUT2D eigenvalue weighted by Crippen LogP contribution is -2.00. The van der Waals surface area contributed by atoms with Crippen molar-refractivity contribution >= 4 is 21.2 Å². The highest BCUT2D eigenvalue weighted by Gasteiger charge is 2.08. The summed E-state index contributed by atoms with van der Waals surface area (Å²) < 4.78 is 21.9. The number of aryl methyl sites for hydroxylation is 2. The van der Waals surface area contributed by atoms with Crippen LogP contribution in [0.1, 0.15) is 15.3 Å². The van der Waals surface area contributed by atoms with Gasteiger partial charge in [-0.05, 0) is 25.5 Å². The Morgan fingerprint density at radius 3 is 2.33 bits per heavy atom. The zero-order valence-electron chi connectivity index (χ0n) is 7.42. The van der Waals surface area contributed by atoms with Gasteiger partial charge in [-0.1, -0.05) is 0 Å². The van der Waals surface area contributed by atoms with Gasteiger partial charge >= 0.3 is 0 Å². The number of sulfone groups is 1. The van der Waals surface area contributed by atoms with Crippen molar-refractivity contribution in [3.8, 4) is 0 Å². The van der Waals surface area contributed by atoms with Gasteiger partial charge in [-0.3, -0.25) is 0 Å². The van der Waals surface area contributed by atoms with Crippen molar-refractivity contribution in [2.45, 2.75) is 19.6 Å². The molecule has 0 aliphatic rings. The van der Waals surface area contributed by atoms with Crippen LogP contribution in [0.25, 0.3) is 0 Å². The van der Waals surface area contributed by atoms with Gasteiger partial charge in [-0.2, -0.15) is 0 Å². The summed E-state index contributed by atoms with van der Waals surface area (Å²) in [7, 11) is -2.88. The fourth-order valence-electron chi connectivity index (χ4n) is 1.11. The summed E-state index contributed by atoms with van der Waals surface area (Å²) in [6, 6.07) is 1.95. The van der Waals surface area contributed by atoms with E-state index in [1.54, 1.807) is 11.3 Å². The van der Waals surface area contributed by atoms with E-state index in [9.17, 15) is 8.42 Å². The van der Waals surface area contributed by atoms with E-state index in [0.717, 1.165) is 10.4 Å². The molecule has 0 aromatic carbocycles. The highest BCUT2D eigenvalue weighted by atomic mass is 32.2. The van der Waals surface area contributed by atoms with Gasteiger partial charge in [0.2, 0.25) is 0 Å². The monoisotopic (exact) mass is 204 g/mol. The first-order valence-electron chi connectivity index (χ1n) is 3.62. The molecule has 0 aliphatic heterocycles. The van der Waals surface area contributed by atoms with Crippen LogP contribution in [0.4, 0.5) is 0 Å². The molecule has 0 fully saturated rings. The second kappa shape index (κ2) is 3.18. The normalized spacial score (nSPS) is 11.9. The van der Waals surface area contributed by atoms with Gasteiger partial charge in [0.25, 0.3) is 0 Å².